The normalized spacial score (nSPS) is 12.1. The van der Waals surface area contributed by atoms with Crippen molar-refractivity contribution in [3.05, 3.63) is 0 Å². The second kappa shape index (κ2) is 9.34. The van der Waals surface area contributed by atoms with Crippen molar-refractivity contribution < 1.29 is 20.1 Å². The minimum absolute atomic E-state index is 0.141. The summed E-state index contributed by atoms with van der Waals surface area (Å²) in [5.41, 5.74) is -0.943. The Balaban J connectivity index is 4.18. The fourth-order valence-corrected chi connectivity index (χ4v) is 2.32. The molecule has 0 heterocycles. The van der Waals surface area contributed by atoms with Gasteiger partial charge in [0.2, 0.25) is 0 Å². The van der Waals surface area contributed by atoms with Crippen LogP contribution in [-0.2, 0) is 4.79 Å². The van der Waals surface area contributed by atoms with Crippen molar-refractivity contribution >= 4 is 5.97 Å². The van der Waals surface area contributed by atoms with E-state index in [0.29, 0.717) is 12.3 Å². The van der Waals surface area contributed by atoms with Gasteiger partial charge in [0.1, 0.15) is 0 Å². The molecule has 0 aromatic carbocycles. The lowest BCUT2D eigenvalue weighted by molar-refractivity contribution is -0.151. The Hall–Kier alpha value is -0.610. The predicted octanol–water partition coefficient (Wildman–Crippen LogP) is 2.43. The van der Waals surface area contributed by atoms with Crippen molar-refractivity contribution in [2.45, 2.75) is 58.8 Å². The van der Waals surface area contributed by atoms with Crippen LogP contribution in [0.5, 0.6) is 0 Å². The maximum absolute atomic E-state index is 11.4. The standard InChI is InChI=1S/C14H28O4/c1-12(2)6-4-3-5-7-14(8-10-15,9-11-16)13(17)18/h12,15-16H,3-11H2,1-2H3,(H,17,18). The Morgan fingerprint density at radius 2 is 1.56 bits per heavy atom. The summed E-state index contributed by atoms with van der Waals surface area (Å²) < 4.78 is 0. The lowest BCUT2D eigenvalue weighted by Gasteiger charge is -2.28. The largest absolute Gasteiger partial charge is 0.481 e. The van der Waals surface area contributed by atoms with E-state index in [0.717, 1.165) is 19.3 Å². The minimum atomic E-state index is -0.943. The molecule has 0 bridgehead atoms. The quantitative estimate of drug-likeness (QED) is 0.499. The summed E-state index contributed by atoms with van der Waals surface area (Å²) in [7, 11) is 0. The Labute approximate surface area is 110 Å². The molecule has 0 aromatic heterocycles. The Kier molecular flexibility index (Phi) is 9.02. The van der Waals surface area contributed by atoms with Crippen LogP contribution in [0.1, 0.15) is 58.8 Å². The van der Waals surface area contributed by atoms with Gasteiger partial charge in [0.25, 0.3) is 0 Å². The highest BCUT2D eigenvalue weighted by molar-refractivity contribution is 5.74. The first-order valence-corrected chi connectivity index (χ1v) is 6.93. The second-order valence-corrected chi connectivity index (χ2v) is 5.53. The lowest BCUT2D eigenvalue weighted by atomic mass is 9.77. The average Bonchev–Trinajstić information content (AvgIpc) is 2.28. The summed E-state index contributed by atoms with van der Waals surface area (Å²) in [6.45, 7) is 4.08. The molecule has 0 unspecified atom stereocenters. The summed E-state index contributed by atoms with van der Waals surface area (Å²) >= 11 is 0. The van der Waals surface area contributed by atoms with Crippen molar-refractivity contribution in [3.8, 4) is 0 Å². The third-order valence-corrected chi connectivity index (χ3v) is 3.57. The monoisotopic (exact) mass is 260 g/mol. The Bertz CT molecular complexity index is 220. The van der Waals surface area contributed by atoms with Gasteiger partial charge in [0.15, 0.2) is 0 Å². The van der Waals surface area contributed by atoms with E-state index in [1.165, 1.54) is 6.42 Å². The van der Waals surface area contributed by atoms with Gasteiger partial charge in [-0.15, -0.1) is 0 Å². The van der Waals surface area contributed by atoms with Crippen molar-refractivity contribution in [2.75, 3.05) is 13.2 Å². The molecule has 0 spiro atoms. The van der Waals surface area contributed by atoms with Crippen molar-refractivity contribution in [3.63, 3.8) is 0 Å². The molecule has 0 aromatic rings. The highest BCUT2D eigenvalue weighted by atomic mass is 16.4. The zero-order valence-electron chi connectivity index (χ0n) is 11.7. The van der Waals surface area contributed by atoms with Gasteiger partial charge in [-0.1, -0.05) is 39.5 Å². The highest BCUT2D eigenvalue weighted by Gasteiger charge is 2.36. The van der Waals surface area contributed by atoms with E-state index >= 15 is 0 Å². The van der Waals surface area contributed by atoms with Crippen LogP contribution in [0.15, 0.2) is 0 Å². The van der Waals surface area contributed by atoms with Gasteiger partial charge in [-0.3, -0.25) is 4.79 Å². The van der Waals surface area contributed by atoms with Gasteiger partial charge in [-0.25, -0.2) is 0 Å². The van der Waals surface area contributed by atoms with Crippen LogP contribution in [0.3, 0.4) is 0 Å². The van der Waals surface area contributed by atoms with E-state index < -0.39 is 11.4 Å². The van der Waals surface area contributed by atoms with Gasteiger partial charge in [0, 0.05) is 13.2 Å². The minimum Gasteiger partial charge on any atom is -0.481 e. The first-order chi connectivity index (χ1) is 8.48. The molecule has 0 radical (unpaired) electrons. The van der Waals surface area contributed by atoms with Gasteiger partial charge >= 0.3 is 5.97 Å². The van der Waals surface area contributed by atoms with E-state index in [4.69, 9.17) is 10.2 Å². The molecule has 4 heteroatoms. The number of hydrogen-bond acceptors (Lipinski definition) is 3. The molecule has 0 saturated carbocycles. The molecular weight excluding hydrogens is 232 g/mol. The number of hydrogen-bond donors (Lipinski definition) is 3. The van der Waals surface area contributed by atoms with E-state index in [-0.39, 0.29) is 26.1 Å². The smallest absolute Gasteiger partial charge is 0.309 e. The van der Waals surface area contributed by atoms with Crippen molar-refractivity contribution in [1.29, 1.82) is 0 Å². The predicted molar refractivity (Wildman–Crippen MR) is 71.4 cm³/mol. The fraction of sp³-hybridized carbons (Fsp3) is 0.929. The Morgan fingerprint density at radius 1 is 1.00 bits per heavy atom. The molecule has 0 amide bonds. The number of unbranched alkanes of at least 4 members (excludes halogenated alkanes) is 2. The first kappa shape index (κ1) is 17.4. The van der Waals surface area contributed by atoms with E-state index in [1.807, 2.05) is 0 Å². The SMILES string of the molecule is CC(C)CCCCCC(CCO)(CCO)C(=O)O. The highest BCUT2D eigenvalue weighted by Crippen LogP contribution is 2.33. The fourth-order valence-electron chi connectivity index (χ4n) is 2.32. The number of carboxylic acid groups (broad SMARTS) is 1. The topological polar surface area (TPSA) is 77.8 Å². The average molecular weight is 260 g/mol. The van der Waals surface area contributed by atoms with Crippen LogP contribution < -0.4 is 0 Å². The molecule has 0 saturated heterocycles. The molecule has 3 N–H and O–H groups in total. The maximum Gasteiger partial charge on any atom is 0.309 e. The van der Waals surface area contributed by atoms with Gasteiger partial charge in [0.05, 0.1) is 5.41 Å². The molecular formula is C14H28O4. The molecule has 0 aliphatic carbocycles. The van der Waals surface area contributed by atoms with Crippen LogP contribution >= 0.6 is 0 Å². The molecule has 108 valence electrons. The number of carboxylic acids is 1. The van der Waals surface area contributed by atoms with E-state index in [9.17, 15) is 9.90 Å². The van der Waals surface area contributed by atoms with Crippen LogP contribution in [-0.4, -0.2) is 34.5 Å². The molecule has 0 atom stereocenters. The number of aliphatic hydroxyl groups excluding tert-OH is 2. The van der Waals surface area contributed by atoms with Crippen LogP contribution in [0.2, 0.25) is 0 Å². The number of aliphatic hydroxyl groups is 2. The zero-order chi connectivity index (χ0) is 14.0. The molecule has 18 heavy (non-hydrogen) atoms. The molecule has 0 rings (SSSR count). The molecule has 0 aliphatic heterocycles. The van der Waals surface area contributed by atoms with Crippen LogP contribution in [0.4, 0.5) is 0 Å². The van der Waals surface area contributed by atoms with Gasteiger partial charge in [-0.05, 0) is 25.2 Å². The van der Waals surface area contributed by atoms with Crippen molar-refractivity contribution in [1.82, 2.24) is 0 Å². The number of carbonyl (C=O) groups is 1. The van der Waals surface area contributed by atoms with E-state index in [1.54, 1.807) is 0 Å². The third-order valence-electron chi connectivity index (χ3n) is 3.57. The third kappa shape index (κ3) is 6.36. The van der Waals surface area contributed by atoms with Gasteiger partial charge in [-0.2, -0.15) is 0 Å². The molecule has 0 aliphatic rings. The van der Waals surface area contributed by atoms with Crippen molar-refractivity contribution in [2.24, 2.45) is 11.3 Å². The summed E-state index contributed by atoms with van der Waals surface area (Å²) in [5, 5.41) is 27.3. The van der Waals surface area contributed by atoms with E-state index in [2.05, 4.69) is 13.8 Å². The molecule has 0 fully saturated rings. The van der Waals surface area contributed by atoms with Crippen LogP contribution in [0, 0.1) is 11.3 Å². The number of aliphatic carboxylic acids is 1. The summed E-state index contributed by atoms with van der Waals surface area (Å²) in [6, 6.07) is 0. The summed E-state index contributed by atoms with van der Waals surface area (Å²) in [4.78, 5) is 11.4. The van der Waals surface area contributed by atoms with Gasteiger partial charge < -0.3 is 15.3 Å². The first-order valence-electron chi connectivity index (χ1n) is 6.93. The second-order valence-electron chi connectivity index (χ2n) is 5.53. The Morgan fingerprint density at radius 3 is 1.94 bits per heavy atom. The zero-order valence-corrected chi connectivity index (χ0v) is 11.7. The summed E-state index contributed by atoms with van der Waals surface area (Å²) in [5.74, 6) is -0.210. The van der Waals surface area contributed by atoms with Crippen LogP contribution in [0.25, 0.3) is 0 Å². The molecule has 4 nitrogen and oxygen atoms in total. The summed E-state index contributed by atoms with van der Waals surface area (Å²) in [6.07, 6.45) is 5.15. The lowest BCUT2D eigenvalue weighted by Crippen LogP contribution is -2.33. The maximum atomic E-state index is 11.4. The number of rotatable bonds is 11.